The van der Waals surface area contributed by atoms with Gasteiger partial charge < -0.3 is 14.2 Å². The second kappa shape index (κ2) is 7.85. The summed E-state index contributed by atoms with van der Waals surface area (Å²) in [5.74, 6) is 2.96. The zero-order valence-electron chi connectivity index (χ0n) is 15.9. The lowest BCUT2D eigenvalue weighted by molar-refractivity contribution is 0.341. The summed E-state index contributed by atoms with van der Waals surface area (Å²) in [6.45, 7) is 2.57. The number of fused-ring (bicyclic) bond motifs is 1. The molecule has 7 nitrogen and oxygen atoms in total. The number of methoxy groups -OCH3 is 2. The van der Waals surface area contributed by atoms with Crippen molar-refractivity contribution < 1.29 is 14.2 Å². The molecule has 0 radical (unpaired) electrons. The van der Waals surface area contributed by atoms with Gasteiger partial charge in [-0.1, -0.05) is 29.5 Å². The third-order valence-electron chi connectivity index (χ3n) is 4.28. The molecular weight excluding hydrogens is 376 g/mol. The molecule has 0 aliphatic carbocycles. The van der Waals surface area contributed by atoms with Gasteiger partial charge in [0, 0.05) is 6.42 Å². The molecule has 0 fully saturated rings. The van der Waals surface area contributed by atoms with Crippen molar-refractivity contribution in [2.24, 2.45) is 0 Å². The van der Waals surface area contributed by atoms with E-state index in [1.165, 1.54) is 11.3 Å². The van der Waals surface area contributed by atoms with Gasteiger partial charge in [-0.15, -0.1) is 10.2 Å². The molecule has 0 saturated carbocycles. The van der Waals surface area contributed by atoms with E-state index in [4.69, 9.17) is 19.3 Å². The highest BCUT2D eigenvalue weighted by Gasteiger charge is 2.16. The number of aromatic nitrogens is 4. The van der Waals surface area contributed by atoms with Crippen molar-refractivity contribution in [3.05, 3.63) is 53.9 Å². The Balaban J connectivity index is 1.67. The molecule has 4 rings (SSSR count). The van der Waals surface area contributed by atoms with Gasteiger partial charge in [0.05, 0.1) is 26.4 Å². The molecule has 144 valence electrons. The predicted molar refractivity (Wildman–Crippen MR) is 108 cm³/mol. The number of rotatable bonds is 7. The van der Waals surface area contributed by atoms with E-state index in [2.05, 4.69) is 10.2 Å². The number of hydrogen-bond donors (Lipinski definition) is 0. The molecule has 0 bridgehead atoms. The summed E-state index contributed by atoms with van der Waals surface area (Å²) in [6, 6.07) is 13.7. The van der Waals surface area contributed by atoms with Crippen LogP contribution in [0.25, 0.3) is 15.5 Å². The zero-order valence-corrected chi connectivity index (χ0v) is 16.7. The van der Waals surface area contributed by atoms with Gasteiger partial charge in [-0.05, 0) is 36.8 Å². The Labute approximate surface area is 166 Å². The summed E-state index contributed by atoms with van der Waals surface area (Å²) in [5.41, 5.74) is 1.99. The van der Waals surface area contributed by atoms with Gasteiger partial charge in [0.15, 0.2) is 22.3 Å². The quantitative estimate of drug-likeness (QED) is 0.472. The molecule has 0 unspecified atom stereocenters. The van der Waals surface area contributed by atoms with Gasteiger partial charge in [-0.25, -0.2) is 0 Å². The highest BCUT2D eigenvalue weighted by molar-refractivity contribution is 7.19. The maximum absolute atomic E-state index is 5.73. The normalized spacial score (nSPS) is 11.0. The topological polar surface area (TPSA) is 70.8 Å². The number of nitrogens with zero attached hydrogens (tertiary/aromatic N) is 4. The van der Waals surface area contributed by atoms with Crippen LogP contribution in [0, 0.1) is 0 Å². The molecule has 0 spiro atoms. The molecule has 0 atom stereocenters. The Morgan fingerprint density at radius 1 is 0.964 bits per heavy atom. The van der Waals surface area contributed by atoms with Crippen LogP contribution in [0.4, 0.5) is 0 Å². The zero-order chi connectivity index (χ0) is 19.5. The largest absolute Gasteiger partial charge is 0.493 e. The van der Waals surface area contributed by atoms with Crippen molar-refractivity contribution in [1.82, 2.24) is 19.8 Å². The number of hydrogen-bond acceptors (Lipinski definition) is 7. The molecule has 28 heavy (non-hydrogen) atoms. The van der Waals surface area contributed by atoms with Crippen LogP contribution in [-0.2, 0) is 6.42 Å². The Hall–Kier alpha value is -3.13. The minimum atomic E-state index is 0.581. The van der Waals surface area contributed by atoms with E-state index in [0.29, 0.717) is 24.5 Å². The van der Waals surface area contributed by atoms with Crippen molar-refractivity contribution in [2.75, 3.05) is 20.8 Å². The van der Waals surface area contributed by atoms with E-state index in [1.807, 2.05) is 49.4 Å². The Bertz CT molecular complexity index is 1110. The number of benzene rings is 2. The average Bonchev–Trinajstić information content (AvgIpc) is 3.30. The van der Waals surface area contributed by atoms with Crippen LogP contribution in [0.1, 0.15) is 18.3 Å². The van der Waals surface area contributed by atoms with Crippen LogP contribution in [0.15, 0.2) is 42.5 Å². The summed E-state index contributed by atoms with van der Waals surface area (Å²) >= 11 is 1.49. The summed E-state index contributed by atoms with van der Waals surface area (Å²) < 4.78 is 18.2. The van der Waals surface area contributed by atoms with Crippen molar-refractivity contribution in [1.29, 1.82) is 0 Å². The Morgan fingerprint density at radius 3 is 2.57 bits per heavy atom. The van der Waals surface area contributed by atoms with Crippen LogP contribution in [0.5, 0.6) is 17.2 Å². The Kier molecular flexibility index (Phi) is 5.12. The minimum Gasteiger partial charge on any atom is -0.493 e. The fourth-order valence-corrected chi connectivity index (χ4v) is 3.86. The van der Waals surface area contributed by atoms with Gasteiger partial charge in [0.25, 0.3) is 0 Å². The molecule has 0 saturated heterocycles. The summed E-state index contributed by atoms with van der Waals surface area (Å²) in [4.78, 5) is 0.747. The van der Waals surface area contributed by atoms with Gasteiger partial charge in [-0.3, -0.25) is 0 Å². The molecule has 2 aromatic heterocycles. The second-order valence-corrected chi connectivity index (χ2v) is 6.97. The maximum Gasteiger partial charge on any atom is 0.234 e. The van der Waals surface area contributed by atoms with E-state index in [9.17, 15) is 0 Å². The van der Waals surface area contributed by atoms with E-state index in [0.717, 1.165) is 32.7 Å². The van der Waals surface area contributed by atoms with Gasteiger partial charge in [0.1, 0.15) is 5.75 Å². The molecule has 0 N–H and O–H groups in total. The lowest BCUT2D eigenvalue weighted by Crippen LogP contribution is -1.99. The van der Waals surface area contributed by atoms with Crippen molar-refractivity contribution in [3.8, 4) is 27.8 Å². The predicted octanol–water partition coefficient (Wildman–Crippen LogP) is 3.86. The lowest BCUT2D eigenvalue weighted by atomic mass is 10.1. The monoisotopic (exact) mass is 396 g/mol. The van der Waals surface area contributed by atoms with Crippen LogP contribution in [0.3, 0.4) is 0 Å². The first-order valence-corrected chi connectivity index (χ1v) is 9.69. The third-order valence-corrected chi connectivity index (χ3v) is 5.22. The number of ether oxygens (including phenoxy) is 3. The minimum absolute atomic E-state index is 0.581. The van der Waals surface area contributed by atoms with Crippen LogP contribution < -0.4 is 14.2 Å². The number of para-hydroxylation sites is 1. The summed E-state index contributed by atoms with van der Waals surface area (Å²) in [7, 11) is 3.25. The van der Waals surface area contributed by atoms with E-state index in [1.54, 1.807) is 18.7 Å². The van der Waals surface area contributed by atoms with Gasteiger partial charge in [0.2, 0.25) is 4.96 Å². The molecule has 0 aliphatic rings. The van der Waals surface area contributed by atoms with Crippen LogP contribution in [0.2, 0.25) is 0 Å². The molecule has 0 aliphatic heterocycles. The maximum atomic E-state index is 5.73. The Morgan fingerprint density at radius 2 is 1.79 bits per heavy atom. The SMILES string of the molecule is CCOc1ccccc1-c1nn2c(Cc3ccc(OC)c(OC)c3)nnc2s1. The highest BCUT2D eigenvalue weighted by atomic mass is 32.1. The molecule has 2 heterocycles. The lowest BCUT2D eigenvalue weighted by Gasteiger charge is -2.08. The summed E-state index contributed by atoms with van der Waals surface area (Å²) in [6.07, 6.45) is 0.581. The third kappa shape index (κ3) is 3.38. The first-order valence-electron chi connectivity index (χ1n) is 8.87. The van der Waals surface area contributed by atoms with Crippen molar-refractivity contribution >= 4 is 16.3 Å². The van der Waals surface area contributed by atoms with Crippen LogP contribution >= 0.6 is 11.3 Å². The smallest absolute Gasteiger partial charge is 0.234 e. The summed E-state index contributed by atoms with van der Waals surface area (Å²) in [5, 5.41) is 14.2. The average molecular weight is 396 g/mol. The molecule has 4 aromatic rings. The molecule has 2 aromatic carbocycles. The van der Waals surface area contributed by atoms with Gasteiger partial charge in [-0.2, -0.15) is 9.61 Å². The molecule has 0 amide bonds. The van der Waals surface area contributed by atoms with E-state index >= 15 is 0 Å². The van der Waals surface area contributed by atoms with E-state index in [-0.39, 0.29) is 0 Å². The van der Waals surface area contributed by atoms with Gasteiger partial charge >= 0.3 is 0 Å². The van der Waals surface area contributed by atoms with Crippen LogP contribution in [-0.4, -0.2) is 40.6 Å². The second-order valence-electron chi connectivity index (χ2n) is 6.01. The van der Waals surface area contributed by atoms with Crippen molar-refractivity contribution in [3.63, 3.8) is 0 Å². The first kappa shape index (κ1) is 18.2. The fourth-order valence-electron chi connectivity index (χ4n) is 2.97. The highest BCUT2D eigenvalue weighted by Crippen LogP contribution is 2.33. The molecular formula is C20H20N4O3S. The first-order chi connectivity index (χ1) is 13.7. The fraction of sp³-hybridized carbons (Fsp3) is 0.250. The molecule has 8 heteroatoms. The standard InChI is InChI=1S/C20H20N4O3S/c1-4-27-15-8-6-5-7-14(15)19-23-24-18(21-22-20(24)28-19)12-13-9-10-16(25-2)17(11-13)26-3/h5-11H,4,12H2,1-3H3. The van der Waals surface area contributed by atoms with E-state index < -0.39 is 0 Å². The van der Waals surface area contributed by atoms with Crippen molar-refractivity contribution in [2.45, 2.75) is 13.3 Å².